The van der Waals surface area contributed by atoms with Crippen LogP contribution in [0.25, 0.3) is 0 Å². The molecule has 10 heteroatoms. The number of nitrogens with one attached hydrogen (secondary N) is 1. The monoisotopic (exact) mass is 512 g/mol. The molecule has 5 N–H and O–H groups in total. The number of aliphatic hydroxyl groups excluding tert-OH is 1. The number of phenolic OH excluding ortho intramolecular Hbond substituents is 1. The van der Waals surface area contributed by atoms with Gasteiger partial charge in [-0.2, -0.15) is 0 Å². The van der Waals surface area contributed by atoms with E-state index in [0.29, 0.717) is 18.8 Å². The summed E-state index contributed by atoms with van der Waals surface area (Å²) in [5.41, 5.74) is -2.29. The highest BCUT2D eigenvalue weighted by Gasteiger charge is 2.73. The van der Waals surface area contributed by atoms with Crippen molar-refractivity contribution < 1.29 is 39.5 Å². The summed E-state index contributed by atoms with van der Waals surface area (Å²) in [5, 5.41) is 47.5. The van der Waals surface area contributed by atoms with Crippen molar-refractivity contribution in [2.45, 2.75) is 73.6 Å². The molecule has 1 aromatic carbocycles. The van der Waals surface area contributed by atoms with Gasteiger partial charge in [0.1, 0.15) is 11.3 Å². The summed E-state index contributed by atoms with van der Waals surface area (Å²) in [6.45, 7) is 1.99. The van der Waals surface area contributed by atoms with Gasteiger partial charge in [-0.25, -0.2) is 4.79 Å². The number of likely N-dealkylation sites (tertiary alicyclic amines) is 1. The third-order valence-corrected chi connectivity index (χ3v) is 9.90. The van der Waals surface area contributed by atoms with E-state index < -0.39 is 34.5 Å². The molecule has 0 aromatic heterocycles. The number of carbonyl (C=O) groups excluding carboxylic acids is 1. The number of hydrogen-bond donors (Lipinski definition) is 5. The van der Waals surface area contributed by atoms with Crippen molar-refractivity contribution >= 4 is 11.9 Å². The van der Waals surface area contributed by atoms with Gasteiger partial charge in [-0.05, 0) is 49.8 Å². The maximum absolute atomic E-state index is 13.7. The molecule has 2 bridgehead atoms. The Balaban J connectivity index is 1.34. The lowest BCUT2D eigenvalue weighted by Gasteiger charge is -2.62. The molecule has 0 radical (unpaired) electrons. The van der Waals surface area contributed by atoms with E-state index in [1.165, 1.54) is 12.8 Å². The van der Waals surface area contributed by atoms with E-state index in [1.54, 1.807) is 6.07 Å². The highest BCUT2D eigenvalue weighted by atomic mass is 16.5. The van der Waals surface area contributed by atoms with E-state index in [9.17, 15) is 30.0 Å². The minimum atomic E-state index is -1.51. The predicted octanol–water partition coefficient (Wildman–Crippen LogP) is 1.13. The number of aliphatic carboxylic acids is 1. The van der Waals surface area contributed by atoms with Gasteiger partial charge in [0, 0.05) is 50.6 Å². The first-order valence-corrected chi connectivity index (χ1v) is 13.2. The highest BCUT2D eigenvalue weighted by Crippen LogP contribution is 2.66. The van der Waals surface area contributed by atoms with Crippen LogP contribution in [0, 0.1) is 5.92 Å². The van der Waals surface area contributed by atoms with E-state index in [-0.39, 0.29) is 61.3 Å². The van der Waals surface area contributed by atoms with Gasteiger partial charge in [-0.1, -0.05) is 6.07 Å². The predicted molar refractivity (Wildman–Crippen MR) is 128 cm³/mol. The molecule has 2 saturated heterocycles. The van der Waals surface area contributed by atoms with Crippen LogP contribution < -0.4 is 10.1 Å². The van der Waals surface area contributed by atoms with Crippen LogP contribution >= 0.6 is 0 Å². The number of amides is 1. The summed E-state index contributed by atoms with van der Waals surface area (Å²) in [5.74, 6) is -1.37. The molecule has 3 fully saturated rings. The second kappa shape index (κ2) is 7.61. The Morgan fingerprint density at radius 2 is 1.89 bits per heavy atom. The lowest BCUT2D eigenvalue weighted by Crippen LogP contribution is -2.76. The molecular formula is C27H32N2O8. The molecule has 6 aliphatic rings. The molecule has 0 unspecified atom stereocenters. The number of ether oxygens (including phenoxy) is 2. The second-order valence-corrected chi connectivity index (χ2v) is 11.7. The lowest BCUT2D eigenvalue weighted by molar-refractivity contribution is -0.173. The Hall–Kier alpha value is -2.82. The first-order valence-electron chi connectivity index (χ1n) is 13.2. The topological polar surface area (TPSA) is 149 Å². The maximum Gasteiger partial charge on any atom is 0.329 e. The fraction of sp³-hybridized carbons (Fsp3) is 0.630. The number of phenols is 1. The van der Waals surface area contributed by atoms with Crippen molar-refractivity contribution in [1.29, 1.82) is 0 Å². The number of carbonyl (C=O) groups is 2. The van der Waals surface area contributed by atoms with Crippen molar-refractivity contribution in [1.82, 2.24) is 10.2 Å². The van der Waals surface area contributed by atoms with Gasteiger partial charge in [-0.15, -0.1) is 0 Å². The average Bonchev–Trinajstić information content (AvgIpc) is 3.61. The van der Waals surface area contributed by atoms with Gasteiger partial charge in [-0.3, -0.25) is 9.69 Å². The Kier molecular flexibility index (Phi) is 4.80. The molecule has 3 aliphatic heterocycles. The van der Waals surface area contributed by atoms with E-state index in [2.05, 4.69) is 10.2 Å². The summed E-state index contributed by atoms with van der Waals surface area (Å²) in [6, 6.07) is 3.16. The van der Waals surface area contributed by atoms with Gasteiger partial charge in [0.25, 0.3) is 5.91 Å². The number of benzene rings is 1. The third kappa shape index (κ3) is 2.97. The average molecular weight is 513 g/mol. The molecule has 3 heterocycles. The van der Waals surface area contributed by atoms with Crippen LogP contribution in [0.15, 0.2) is 23.5 Å². The quantitative estimate of drug-likeness (QED) is 0.391. The molecule has 4 atom stereocenters. The first-order chi connectivity index (χ1) is 17.7. The van der Waals surface area contributed by atoms with Crippen LogP contribution in [0.3, 0.4) is 0 Å². The molecule has 3 aliphatic carbocycles. The Bertz CT molecular complexity index is 1240. The zero-order valence-corrected chi connectivity index (χ0v) is 20.5. The Morgan fingerprint density at radius 3 is 2.59 bits per heavy atom. The normalized spacial score (nSPS) is 35.5. The summed E-state index contributed by atoms with van der Waals surface area (Å²) in [7, 11) is 0. The molecule has 7 rings (SSSR count). The zero-order valence-electron chi connectivity index (χ0n) is 20.5. The van der Waals surface area contributed by atoms with Crippen LogP contribution in [-0.2, 0) is 26.2 Å². The van der Waals surface area contributed by atoms with Crippen molar-refractivity contribution in [2.24, 2.45) is 5.92 Å². The van der Waals surface area contributed by atoms with Crippen LogP contribution in [-0.4, -0.2) is 86.8 Å². The minimum Gasteiger partial charge on any atom is -0.508 e. The van der Waals surface area contributed by atoms with Crippen molar-refractivity contribution in [3.8, 4) is 11.5 Å². The van der Waals surface area contributed by atoms with Crippen LogP contribution in [0.1, 0.15) is 49.7 Å². The summed E-state index contributed by atoms with van der Waals surface area (Å²) in [6.07, 6.45) is 2.43. The third-order valence-electron chi connectivity index (χ3n) is 9.90. The lowest BCUT2D eigenvalue weighted by atomic mass is 9.49. The highest BCUT2D eigenvalue weighted by molar-refractivity contribution is 5.98. The van der Waals surface area contributed by atoms with Gasteiger partial charge >= 0.3 is 5.97 Å². The molecule has 1 amide bonds. The zero-order chi connectivity index (χ0) is 25.7. The molecule has 198 valence electrons. The summed E-state index contributed by atoms with van der Waals surface area (Å²) >= 11 is 0. The Morgan fingerprint density at radius 1 is 1.14 bits per heavy atom. The SMILES string of the molecule is O=C(NC1(C(=O)O)CCOCC1)C1=C(O)[C@@H]2Oc3c(O)ccc4c3[C@@]23CCN(CC2CC2)[C@H](C4)[C@]3(O)C1. The van der Waals surface area contributed by atoms with E-state index in [4.69, 9.17) is 9.47 Å². The Labute approximate surface area is 213 Å². The van der Waals surface area contributed by atoms with Crippen LogP contribution in [0.2, 0.25) is 0 Å². The largest absolute Gasteiger partial charge is 0.508 e. The van der Waals surface area contributed by atoms with Gasteiger partial charge in [0.15, 0.2) is 17.6 Å². The van der Waals surface area contributed by atoms with E-state index in [1.807, 2.05) is 6.07 Å². The molecule has 1 spiro atoms. The molecule has 37 heavy (non-hydrogen) atoms. The van der Waals surface area contributed by atoms with Gasteiger partial charge in [0.2, 0.25) is 0 Å². The van der Waals surface area contributed by atoms with Crippen molar-refractivity contribution in [3.63, 3.8) is 0 Å². The fourth-order valence-electron chi connectivity index (χ4n) is 7.77. The van der Waals surface area contributed by atoms with E-state index >= 15 is 0 Å². The number of aliphatic hydroxyl groups is 2. The number of piperidine rings is 1. The van der Waals surface area contributed by atoms with Gasteiger partial charge < -0.3 is 35.2 Å². The van der Waals surface area contributed by atoms with Crippen LogP contribution in [0.5, 0.6) is 11.5 Å². The smallest absolute Gasteiger partial charge is 0.329 e. The molecule has 10 nitrogen and oxygen atoms in total. The number of nitrogens with zero attached hydrogens (tertiary/aromatic N) is 1. The minimum absolute atomic E-state index is 0.0516. The number of hydrogen-bond acceptors (Lipinski definition) is 8. The molecule has 1 aromatic rings. The summed E-state index contributed by atoms with van der Waals surface area (Å²) in [4.78, 5) is 28.2. The fourth-order valence-corrected chi connectivity index (χ4v) is 7.77. The van der Waals surface area contributed by atoms with Gasteiger partial charge in [0.05, 0.1) is 16.6 Å². The number of aromatic hydroxyl groups is 1. The first kappa shape index (κ1) is 23.3. The second-order valence-electron chi connectivity index (χ2n) is 11.7. The number of carboxylic acids is 1. The van der Waals surface area contributed by atoms with Crippen LogP contribution in [0.4, 0.5) is 0 Å². The molecule has 1 saturated carbocycles. The van der Waals surface area contributed by atoms with E-state index in [0.717, 1.165) is 24.2 Å². The number of carboxylic acid groups (broad SMARTS) is 1. The van der Waals surface area contributed by atoms with Crippen molar-refractivity contribution in [3.05, 3.63) is 34.6 Å². The maximum atomic E-state index is 13.7. The number of rotatable bonds is 5. The molecular weight excluding hydrogens is 480 g/mol. The standard InChI is InChI=1S/C27H32N2O8/c30-17-4-3-15-11-18-27(35)12-16(23(32)28-25(24(33)34)6-9-36-10-7-25)20(31)22-26(27,19(15)21(17)37-22)5-8-29(18)13-14-1-2-14/h3-4,14,18,22,30-31,35H,1-2,5-13H2,(H,28,32)(H,33,34)/t18-,22+,26+,27-/m1/s1. The summed E-state index contributed by atoms with van der Waals surface area (Å²) < 4.78 is 11.5. The van der Waals surface area contributed by atoms with Crippen molar-refractivity contribution in [2.75, 3.05) is 26.3 Å².